The molecule has 1 aromatic heterocycles. The number of aromatic amines is 1. The average Bonchev–Trinajstić information content (AvgIpc) is 3.10. The third-order valence-electron chi connectivity index (χ3n) is 4.40. The maximum atomic E-state index is 5.41. The van der Waals surface area contributed by atoms with Crippen molar-refractivity contribution >= 4 is 35.2 Å². The van der Waals surface area contributed by atoms with Crippen molar-refractivity contribution in [1.82, 2.24) is 20.1 Å². The van der Waals surface area contributed by atoms with Crippen LogP contribution < -0.4 is 10.6 Å². The molecular weight excluding hydrogens is 386 g/mol. The second-order valence-electron chi connectivity index (χ2n) is 6.54. The molecule has 0 saturated carbocycles. The van der Waals surface area contributed by atoms with Crippen LogP contribution in [-0.4, -0.2) is 26.4 Å². The molecule has 0 radical (unpaired) electrons. The predicted octanol–water partition coefficient (Wildman–Crippen LogP) is 5.46. The fraction of sp³-hybridized carbons (Fsp3) is 0.286. The molecule has 0 bridgehead atoms. The van der Waals surface area contributed by atoms with E-state index < -0.39 is 0 Å². The summed E-state index contributed by atoms with van der Waals surface area (Å²) in [5, 5.41) is 14.4. The zero-order valence-corrected chi connectivity index (χ0v) is 17.6. The lowest BCUT2D eigenvalue weighted by molar-refractivity contribution is 0.655. The van der Waals surface area contributed by atoms with E-state index in [4.69, 9.17) is 24.4 Å². The molecule has 0 saturated heterocycles. The molecule has 28 heavy (non-hydrogen) atoms. The van der Waals surface area contributed by atoms with Crippen molar-refractivity contribution < 1.29 is 0 Å². The molecule has 0 aliphatic carbocycles. The summed E-state index contributed by atoms with van der Waals surface area (Å²) in [6, 6.07) is 18.0. The first kappa shape index (κ1) is 20.2. The molecular formula is C21H25N5S2. The number of hydrogen-bond acceptors (Lipinski definition) is 3. The molecule has 5 nitrogen and oxygen atoms in total. The van der Waals surface area contributed by atoms with Crippen LogP contribution in [0.5, 0.6) is 0 Å². The minimum atomic E-state index is 0.567. The minimum Gasteiger partial charge on any atom is -0.362 e. The molecule has 7 heteroatoms. The van der Waals surface area contributed by atoms with Crippen LogP contribution >= 0.6 is 24.4 Å². The smallest absolute Gasteiger partial charge is 0.200 e. The molecule has 2 aromatic carbocycles. The van der Waals surface area contributed by atoms with Gasteiger partial charge >= 0.3 is 0 Å². The highest BCUT2D eigenvalue weighted by atomic mass is 32.1. The molecule has 0 fully saturated rings. The zero-order valence-electron chi connectivity index (χ0n) is 15.9. The standard InChI is InChI=1S/C21H25N5S2/c1-2-3-4-8-15-22-20(27)23-17-13-11-16(12-14-17)19-24-25-21(28)26(19)18-9-6-5-7-10-18/h5-7,9-14H,2-4,8,15H2,1H3,(H,25,28)(H2,22,23,27). The molecule has 3 N–H and O–H groups in total. The van der Waals surface area contributed by atoms with Crippen LogP contribution in [0.1, 0.15) is 32.6 Å². The highest BCUT2D eigenvalue weighted by molar-refractivity contribution is 7.80. The third-order valence-corrected chi connectivity index (χ3v) is 4.92. The second kappa shape index (κ2) is 10.1. The van der Waals surface area contributed by atoms with Crippen LogP contribution in [0.3, 0.4) is 0 Å². The monoisotopic (exact) mass is 411 g/mol. The van der Waals surface area contributed by atoms with Crippen LogP contribution in [0.2, 0.25) is 0 Å². The molecule has 3 aromatic rings. The normalized spacial score (nSPS) is 10.6. The number of thiocarbonyl (C=S) groups is 1. The summed E-state index contributed by atoms with van der Waals surface area (Å²) in [4.78, 5) is 0. The van der Waals surface area contributed by atoms with Crippen molar-refractivity contribution in [2.24, 2.45) is 0 Å². The molecule has 0 aliphatic rings. The summed E-state index contributed by atoms with van der Waals surface area (Å²) >= 11 is 10.8. The van der Waals surface area contributed by atoms with Gasteiger partial charge in [0, 0.05) is 23.5 Å². The Morgan fingerprint density at radius 1 is 1.04 bits per heavy atom. The first-order valence-electron chi connectivity index (χ1n) is 9.57. The number of H-pyrrole nitrogens is 1. The fourth-order valence-electron chi connectivity index (χ4n) is 2.94. The SMILES string of the molecule is CCCCCCNC(=S)Nc1ccc(-c2n[nH]c(=S)n2-c2ccccc2)cc1. The van der Waals surface area contributed by atoms with Crippen LogP contribution in [0, 0.1) is 4.77 Å². The Labute approximate surface area is 176 Å². The lowest BCUT2D eigenvalue weighted by Crippen LogP contribution is -2.29. The number of para-hydroxylation sites is 1. The van der Waals surface area contributed by atoms with Gasteiger partial charge < -0.3 is 10.6 Å². The Hall–Kier alpha value is -2.51. The Kier molecular flexibility index (Phi) is 7.33. The molecule has 146 valence electrons. The molecule has 0 aliphatic heterocycles. The third kappa shape index (κ3) is 5.27. The average molecular weight is 412 g/mol. The Bertz CT molecular complexity index is 945. The number of rotatable bonds is 8. The van der Waals surface area contributed by atoms with Gasteiger partial charge in [-0.05, 0) is 67.3 Å². The quantitative estimate of drug-likeness (QED) is 0.339. The van der Waals surface area contributed by atoms with Gasteiger partial charge in [0.1, 0.15) is 0 Å². The summed E-state index contributed by atoms with van der Waals surface area (Å²) in [5.74, 6) is 0.777. The van der Waals surface area contributed by atoms with Gasteiger partial charge in [-0.15, -0.1) is 0 Å². The van der Waals surface area contributed by atoms with E-state index in [0.717, 1.165) is 35.7 Å². The van der Waals surface area contributed by atoms with E-state index in [1.165, 1.54) is 19.3 Å². The largest absolute Gasteiger partial charge is 0.362 e. The molecule has 0 spiro atoms. The van der Waals surface area contributed by atoms with E-state index >= 15 is 0 Å². The molecule has 3 rings (SSSR count). The highest BCUT2D eigenvalue weighted by Crippen LogP contribution is 2.23. The second-order valence-corrected chi connectivity index (χ2v) is 7.34. The van der Waals surface area contributed by atoms with Gasteiger partial charge in [-0.25, -0.2) is 0 Å². The highest BCUT2D eigenvalue weighted by Gasteiger charge is 2.10. The number of unbranched alkanes of at least 4 members (excludes halogenated alkanes) is 3. The van der Waals surface area contributed by atoms with Gasteiger partial charge in [-0.1, -0.05) is 44.4 Å². The van der Waals surface area contributed by atoms with Crippen molar-refractivity contribution in [3.8, 4) is 17.1 Å². The van der Waals surface area contributed by atoms with Crippen molar-refractivity contribution in [2.75, 3.05) is 11.9 Å². The maximum Gasteiger partial charge on any atom is 0.200 e. The summed E-state index contributed by atoms with van der Waals surface area (Å²) in [6.45, 7) is 3.11. The number of nitrogens with one attached hydrogen (secondary N) is 3. The summed E-state index contributed by atoms with van der Waals surface area (Å²) < 4.78 is 2.50. The van der Waals surface area contributed by atoms with E-state index in [0.29, 0.717) is 9.88 Å². The summed E-state index contributed by atoms with van der Waals surface area (Å²) in [7, 11) is 0. The topological polar surface area (TPSA) is 57.7 Å². The van der Waals surface area contributed by atoms with Gasteiger partial charge in [0.2, 0.25) is 0 Å². The van der Waals surface area contributed by atoms with E-state index in [2.05, 4.69) is 27.8 Å². The molecule has 1 heterocycles. The number of nitrogens with zero attached hydrogens (tertiary/aromatic N) is 2. The minimum absolute atomic E-state index is 0.567. The van der Waals surface area contributed by atoms with Gasteiger partial charge in [0.05, 0.1) is 0 Å². The van der Waals surface area contributed by atoms with Crippen molar-refractivity contribution in [3.05, 3.63) is 59.4 Å². The number of benzene rings is 2. The van der Waals surface area contributed by atoms with Crippen molar-refractivity contribution in [2.45, 2.75) is 32.6 Å². The number of anilines is 1. The first-order chi connectivity index (χ1) is 13.7. The van der Waals surface area contributed by atoms with Crippen LogP contribution in [0.15, 0.2) is 54.6 Å². The van der Waals surface area contributed by atoms with Gasteiger partial charge in [0.25, 0.3) is 0 Å². The van der Waals surface area contributed by atoms with Gasteiger partial charge in [-0.3, -0.25) is 9.67 Å². The number of aromatic nitrogens is 3. The lowest BCUT2D eigenvalue weighted by atomic mass is 10.2. The number of hydrogen-bond donors (Lipinski definition) is 3. The summed E-state index contributed by atoms with van der Waals surface area (Å²) in [5.41, 5.74) is 2.89. The lowest BCUT2D eigenvalue weighted by Gasteiger charge is -2.11. The van der Waals surface area contributed by atoms with Crippen molar-refractivity contribution in [3.63, 3.8) is 0 Å². The Balaban J connectivity index is 1.66. The van der Waals surface area contributed by atoms with E-state index in [-0.39, 0.29) is 0 Å². The Morgan fingerprint density at radius 3 is 2.50 bits per heavy atom. The molecule has 0 unspecified atom stereocenters. The van der Waals surface area contributed by atoms with Gasteiger partial charge in [-0.2, -0.15) is 5.10 Å². The fourth-order valence-corrected chi connectivity index (χ4v) is 3.40. The summed E-state index contributed by atoms with van der Waals surface area (Å²) in [6.07, 6.45) is 4.88. The molecule has 0 atom stereocenters. The van der Waals surface area contributed by atoms with Crippen molar-refractivity contribution in [1.29, 1.82) is 0 Å². The van der Waals surface area contributed by atoms with Crippen LogP contribution in [0.4, 0.5) is 5.69 Å². The van der Waals surface area contributed by atoms with E-state index in [9.17, 15) is 0 Å². The zero-order chi connectivity index (χ0) is 19.8. The first-order valence-corrected chi connectivity index (χ1v) is 10.4. The van der Waals surface area contributed by atoms with Gasteiger partial charge in [0.15, 0.2) is 15.7 Å². The maximum absolute atomic E-state index is 5.41. The Morgan fingerprint density at radius 2 is 1.79 bits per heavy atom. The van der Waals surface area contributed by atoms with E-state index in [1.54, 1.807) is 0 Å². The molecule has 0 amide bonds. The van der Waals surface area contributed by atoms with E-state index in [1.807, 2.05) is 59.2 Å². The van der Waals surface area contributed by atoms with Crippen LogP contribution in [-0.2, 0) is 0 Å². The predicted molar refractivity (Wildman–Crippen MR) is 123 cm³/mol. The van der Waals surface area contributed by atoms with Crippen LogP contribution in [0.25, 0.3) is 17.1 Å².